The molecule has 0 aromatic carbocycles. The van der Waals surface area contributed by atoms with Crippen molar-refractivity contribution in [3.63, 3.8) is 0 Å². The summed E-state index contributed by atoms with van der Waals surface area (Å²) in [5.41, 5.74) is 0. The maximum absolute atomic E-state index is 12.4. The second-order valence-corrected chi connectivity index (χ2v) is 6.54. The van der Waals surface area contributed by atoms with Crippen molar-refractivity contribution in [2.75, 3.05) is 13.1 Å². The van der Waals surface area contributed by atoms with E-state index >= 15 is 0 Å². The summed E-state index contributed by atoms with van der Waals surface area (Å²) in [5.74, 6) is 1.16. The van der Waals surface area contributed by atoms with Crippen LogP contribution in [-0.4, -0.2) is 23.9 Å². The van der Waals surface area contributed by atoms with Gasteiger partial charge in [-0.15, -0.1) is 11.3 Å². The van der Waals surface area contributed by atoms with Crippen molar-refractivity contribution in [3.8, 4) is 0 Å². The summed E-state index contributed by atoms with van der Waals surface area (Å²) in [7, 11) is 0. The molecule has 2 atom stereocenters. The molecule has 0 spiro atoms. The first-order chi connectivity index (χ1) is 8.67. The van der Waals surface area contributed by atoms with E-state index in [0.29, 0.717) is 11.8 Å². The van der Waals surface area contributed by atoms with Crippen LogP contribution in [-0.2, 0) is 4.79 Å². The number of carbonyl (C=O) groups excluding carboxylic acids is 1. The molecule has 1 aromatic heterocycles. The first-order valence-electron chi connectivity index (χ1n) is 7.02. The molecule has 100 valence electrons. The van der Waals surface area contributed by atoms with Gasteiger partial charge in [-0.2, -0.15) is 0 Å². The SMILES string of the molecule is CCCN(CCC)C(=O)C1C[C@H]1c1ccc(C)s1. The topological polar surface area (TPSA) is 20.3 Å². The molecular formula is C15H23NOS. The fraction of sp³-hybridized carbons (Fsp3) is 0.667. The molecule has 3 heteroatoms. The number of carbonyl (C=O) groups is 1. The fourth-order valence-corrected chi connectivity index (χ4v) is 3.60. The van der Waals surface area contributed by atoms with Crippen LogP contribution < -0.4 is 0 Å². The standard InChI is InChI=1S/C15H23NOS/c1-4-8-16(9-5-2)15(17)13-10-12(13)14-7-6-11(3)18-14/h6-7,12-13H,4-5,8-10H2,1-3H3/t12-,13?/m1/s1. The maximum atomic E-state index is 12.4. The average molecular weight is 265 g/mol. The minimum absolute atomic E-state index is 0.265. The summed E-state index contributed by atoms with van der Waals surface area (Å²) in [4.78, 5) is 17.2. The van der Waals surface area contributed by atoms with E-state index in [0.717, 1.165) is 32.4 Å². The lowest BCUT2D eigenvalue weighted by Crippen LogP contribution is -2.33. The number of amides is 1. The zero-order chi connectivity index (χ0) is 13.1. The highest BCUT2D eigenvalue weighted by Gasteiger charge is 2.46. The normalized spacial score (nSPS) is 21.9. The second kappa shape index (κ2) is 5.87. The number of nitrogens with zero attached hydrogens (tertiary/aromatic N) is 1. The molecule has 18 heavy (non-hydrogen) atoms. The Morgan fingerprint density at radius 2 is 2.00 bits per heavy atom. The third-order valence-electron chi connectivity index (χ3n) is 3.53. The molecule has 1 fully saturated rings. The molecule has 1 saturated carbocycles. The van der Waals surface area contributed by atoms with E-state index in [9.17, 15) is 4.79 Å². The third kappa shape index (κ3) is 2.94. The Hall–Kier alpha value is -0.830. The van der Waals surface area contributed by atoms with Crippen LogP contribution >= 0.6 is 11.3 Å². The van der Waals surface area contributed by atoms with Gasteiger partial charge in [0, 0.05) is 34.7 Å². The van der Waals surface area contributed by atoms with Crippen LogP contribution in [0.1, 0.15) is 48.8 Å². The summed E-state index contributed by atoms with van der Waals surface area (Å²) >= 11 is 1.85. The summed E-state index contributed by atoms with van der Waals surface area (Å²) in [6.07, 6.45) is 3.17. The van der Waals surface area contributed by atoms with Crippen LogP contribution in [0, 0.1) is 12.8 Å². The van der Waals surface area contributed by atoms with E-state index in [4.69, 9.17) is 0 Å². The van der Waals surface area contributed by atoms with Gasteiger partial charge in [-0.1, -0.05) is 13.8 Å². The van der Waals surface area contributed by atoms with Gasteiger partial charge in [0.1, 0.15) is 0 Å². The molecule has 1 aromatic rings. The molecule has 0 saturated heterocycles. The molecule has 0 bridgehead atoms. The molecule has 0 radical (unpaired) electrons. The Morgan fingerprint density at radius 1 is 1.33 bits per heavy atom. The fourth-order valence-electron chi connectivity index (χ4n) is 2.54. The van der Waals surface area contributed by atoms with E-state index < -0.39 is 0 Å². The van der Waals surface area contributed by atoms with E-state index in [2.05, 4.69) is 37.8 Å². The maximum Gasteiger partial charge on any atom is 0.226 e. The van der Waals surface area contributed by atoms with Crippen LogP contribution in [0.5, 0.6) is 0 Å². The van der Waals surface area contributed by atoms with Crippen molar-refractivity contribution >= 4 is 17.2 Å². The predicted octanol–water partition coefficient (Wildman–Crippen LogP) is 3.81. The summed E-state index contributed by atoms with van der Waals surface area (Å²) in [5, 5.41) is 0. The predicted molar refractivity (Wildman–Crippen MR) is 77.1 cm³/mol. The highest BCUT2D eigenvalue weighted by molar-refractivity contribution is 7.12. The van der Waals surface area contributed by atoms with Gasteiger partial charge in [0.05, 0.1) is 0 Å². The Balaban J connectivity index is 1.95. The van der Waals surface area contributed by atoms with Gasteiger partial charge in [0.2, 0.25) is 5.91 Å². The lowest BCUT2D eigenvalue weighted by Gasteiger charge is -2.21. The first kappa shape index (κ1) is 13.6. The van der Waals surface area contributed by atoms with Crippen molar-refractivity contribution in [3.05, 3.63) is 21.9 Å². The summed E-state index contributed by atoms with van der Waals surface area (Å²) in [6, 6.07) is 4.36. The molecule has 0 aliphatic heterocycles. The lowest BCUT2D eigenvalue weighted by atomic mass is 10.2. The highest BCUT2D eigenvalue weighted by atomic mass is 32.1. The number of thiophene rings is 1. The molecule has 1 amide bonds. The lowest BCUT2D eigenvalue weighted by molar-refractivity contribution is -0.132. The number of hydrogen-bond donors (Lipinski definition) is 0. The second-order valence-electron chi connectivity index (χ2n) is 5.22. The van der Waals surface area contributed by atoms with Crippen molar-refractivity contribution in [1.82, 2.24) is 4.90 Å². The van der Waals surface area contributed by atoms with Crippen molar-refractivity contribution < 1.29 is 4.79 Å². The molecule has 0 N–H and O–H groups in total. The molecule has 1 aliphatic carbocycles. The van der Waals surface area contributed by atoms with Crippen molar-refractivity contribution in [2.24, 2.45) is 5.92 Å². The Morgan fingerprint density at radius 3 is 2.50 bits per heavy atom. The van der Waals surface area contributed by atoms with Gasteiger partial charge < -0.3 is 4.90 Å². The molecular weight excluding hydrogens is 242 g/mol. The number of aryl methyl sites for hydroxylation is 1. The Bertz CT molecular complexity index is 406. The first-order valence-corrected chi connectivity index (χ1v) is 7.84. The molecule has 1 heterocycles. The number of rotatable bonds is 6. The number of hydrogen-bond acceptors (Lipinski definition) is 2. The zero-order valence-electron chi connectivity index (χ0n) is 11.6. The van der Waals surface area contributed by atoms with E-state index in [-0.39, 0.29) is 5.92 Å². The van der Waals surface area contributed by atoms with Gasteiger partial charge in [0.25, 0.3) is 0 Å². The van der Waals surface area contributed by atoms with Gasteiger partial charge in [-0.3, -0.25) is 4.79 Å². The monoisotopic (exact) mass is 265 g/mol. The van der Waals surface area contributed by atoms with Gasteiger partial charge in [0.15, 0.2) is 0 Å². The molecule has 1 unspecified atom stereocenters. The highest BCUT2D eigenvalue weighted by Crippen LogP contribution is 2.50. The molecule has 2 nitrogen and oxygen atoms in total. The van der Waals surface area contributed by atoms with E-state index in [1.165, 1.54) is 9.75 Å². The van der Waals surface area contributed by atoms with Gasteiger partial charge in [-0.25, -0.2) is 0 Å². The smallest absolute Gasteiger partial charge is 0.226 e. The van der Waals surface area contributed by atoms with E-state index in [1.54, 1.807) is 0 Å². The van der Waals surface area contributed by atoms with Crippen molar-refractivity contribution in [1.29, 1.82) is 0 Å². The molecule has 1 aliphatic rings. The zero-order valence-corrected chi connectivity index (χ0v) is 12.4. The molecule has 2 rings (SSSR count). The quantitative estimate of drug-likeness (QED) is 0.766. The Kier molecular flexibility index (Phi) is 4.44. The van der Waals surface area contributed by atoms with Crippen LogP contribution in [0.4, 0.5) is 0 Å². The summed E-state index contributed by atoms with van der Waals surface area (Å²) in [6.45, 7) is 8.25. The van der Waals surface area contributed by atoms with Gasteiger partial charge >= 0.3 is 0 Å². The minimum Gasteiger partial charge on any atom is -0.342 e. The van der Waals surface area contributed by atoms with Crippen molar-refractivity contribution in [2.45, 2.75) is 46.0 Å². The summed E-state index contributed by atoms with van der Waals surface area (Å²) < 4.78 is 0. The van der Waals surface area contributed by atoms with E-state index in [1.807, 2.05) is 11.3 Å². The van der Waals surface area contributed by atoms with Crippen LogP contribution in [0.15, 0.2) is 12.1 Å². The van der Waals surface area contributed by atoms with Crippen LogP contribution in [0.3, 0.4) is 0 Å². The average Bonchev–Trinajstić information content (AvgIpc) is 3.04. The van der Waals surface area contributed by atoms with Gasteiger partial charge in [-0.05, 0) is 38.3 Å². The Labute approximate surface area is 114 Å². The van der Waals surface area contributed by atoms with Crippen LogP contribution in [0.25, 0.3) is 0 Å². The minimum atomic E-state index is 0.265. The van der Waals surface area contributed by atoms with Crippen LogP contribution in [0.2, 0.25) is 0 Å². The third-order valence-corrected chi connectivity index (χ3v) is 4.67. The largest absolute Gasteiger partial charge is 0.342 e.